The van der Waals surface area contributed by atoms with E-state index >= 15 is 0 Å². The number of aromatic nitrogens is 1. The number of nitrogens with zero attached hydrogens (tertiary/aromatic N) is 2. The molecule has 0 spiro atoms. The average molecular weight is 384 g/mol. The maximum Gasteiger partial charge on any atom is 0.122 e. The molecule has 3 aromatic rings. The molecule has 4 nitrogen and oxygen atoms in total. The number of fused-ring (bicyclic) bond motifs is 1. The fraction of sp³-hybridized carbons (Fsp3) is 0.318. The topological polar surface area (TPSA) is 48.4 Å². The van der Waals surface area contributed by atoms with Gasteiger partial charge < -0.3 is 10.4 Å². The molecule has 2 N–H and O–H groups in total. The van der Waals surface area contributed by atoms with Gasteiger partial charge in [0.1, 0.15) is 5.75 Å². The van der Waals surface area contributed by atoms with Gasteiger partial charge in [-0.2, -0.15) is 0 Å². The SMILES string of the molecule is CC(C)N(Cc1ccc(Nc2ccnc3cc(Cl)ccc23)cc1O)C(C)C. The largest absolute Gasteiger partial charge is 0.508 e. The molecule has 0 unspecified atom stereocenters. The highest BCUT2D eigenvalue weighted by Crippen LogP contribution is 2.30. The van der Waals surface area contributed by atoms with E-state index in [4.69, 9.17) is 11.6 Å². The van der Waals surface area contributed by atoms with Gasteiger partial charge >= 0.3 is 0 Å². The quantitative estimate of drug-likeness (QED) is 0.551. The number of aromatic hydroxyl groups is 1. The van der Waals surface area contributed by atoms with Crippen LogP contribution in [-0.4, -0.2) is 27.1 Å². The Labute approximate surface area is 165 Å². The Kier molecular flexibility index (Phi) is 5.88. The van der Waals surface area contributed by atoms with E-state index in [9.17, 15) is 5.11 Å². The lowest BCUT2D eigenvalue weighted by atomic mass is 10.1. The molecule has 142 valence electrons. The van der Waals surface area contributed by atoms with Crippen LogP contribution in [0.15, 0.2) is 48.7 Å². The summed E-state index contributed by atoms with van der Waals surface area (Å²) in [5.41, 5.74) is 3.52. The van der Waals surface area contributed by atoms with Gasteiger partial charge in [0.2, 0.25) is 0 Å². The molecule has 1 aromatic heterocycles. The van der Waals surface area contributed by atoms with Crippen LogP contribution in [0.3, 0.4) is 0 Å². The van der Waals surface area contributed by atoms with E-state index in [1.54, 1.807) is 12.3 Å². The molecule has 0 amide bonds. The van der Waals surface area contributed by atoms with Gasteiger partial charge in [-0.1, -0.05) is 17.7 Å². The molecular formula is C22H26ClN3O. The summed E-state index contributed by atoms with van der Waals surface area (Å²) < 4.78 is 0. The van der Waals surface area contributed by atoms with Crippen LogP contribution in [0.25, 0.3) is 10.9 Å². The number of nitrogens with one attached hydrogen (secondary N) is 1. The predicted molar refractivity (Wildman–Crippen MR) is 114 cm³/mol. The number of halogens is 1. The summed E-state index contributed by atoms with van der Waals surface area (Å²) in [6, 6.07) is 14.1. The van der Waals surface area contributed by atoms with Crippen molar-refractivity contribution in [3.8, 4) is 5.75 Å². The van der Waals surface area contributed by atoms with Gasteiger partial charge in [0.05, 0.1) is 5.52 Å². The first-order valence-corrected chi connectivity index (χ1v) is 9.62. The average Bonchev–Trinajstić information content (AvgIpc) is 2.60. The summed E-state index contributed by atoms with van der Waals surface area (Å²) in [4.78, 5) is 6.71. The number of hydrogen-bond acceptors (Lipinski definition) is 4. The van der Waals surface area contributed by atoms with Crippen molar-refractivity contribution in [2.24, 2.45) is 0 Å². The molecule has 0 aliphatic heterocycles. The van der Waals surface area contributed by atoms with Crippen LogP contribution in [-0.2, 0) is 6.54 Å². The van der Waals surface area contributed by atoms with E-state index in [-0.39, 0.29) is 0 Å². The zero-order valence-electron chi connectivity index (χ0n) is 16.2. The Morgan fingerprint density at radius 3 is 2.44 bits per heavy atom. The summed E-state index contributed by atoms with van der Waals surface area (Å²) in [7, 11) is 0. The molecule has 0 aliphatic rings. The molecular weight excluding hydrogens is 358 g/mol. The van der Waals surface area contributed by atoms with Crippen molar-refractivity contribution in [1.82, 2.24) is 9.88 Å². The highest BCUT2D eigenvalue weighted by molar-refractivity contribution is 6.31. The van der Waals surface area contributed by atoms with Crippen LogP contribution in [0.1, 0.15) is 33.3 Å². The number of phenolic OH excluding ortho intramolecular Hbond substituents is 1. The van der Waals surface area contributed by atoms with E-state index in [0.29, 0.717) is 22.9 Å². The molecule has 27 heavy (non-hydrogen) atoms. The molecule has 0 saturated carbocycles. The molecule has 5 heteroatoms. The van der Waals surface area contributed by atoms with Gasteiger partial charge in [0.15, 0.2) is 0 Å². The van der Waals surface area contributed by atoms with Gasteiger partial charge in [-0.15, -0.1) is 0 Å². The normalized spacial score (nSPS) is 11.7. The summed E-state index contributed by atoms with van der Waals surface area (Å²) in [5.74, 6) is 0.299. The molecule has 0 bridgehead atoms. The zero-order valence-corrected chi connectivity index (χ0v) is 17.0. The van der Waals surface area contributed by atoms with Crippen LogP contribution in [0.5, 0.6) is 5.75 Å². The van der Waals surface area contributed by atoms with E-state index in [2.05, 4.69) is 42.9 Å². The standard InChI is InChI=1S/C22H26ClN3O/c1-14(2)26(15(3)4)13-16-5-7-18(12-22(16)27)25-20-9-10-24-21-11-17(23)6-8-19(20)21/h5-12,14-15,27H,13H2,1-4H3,(H,24,25). The second-order valence-electron chi connectivity index (χ2n) is 7.35. The van der Waals surface area contributed by atoms with Crippen LogP contribution in [0, 0.1) is 0 Å². The molecule has 0 atom stereocenters. The molecule has 0 fully saturated rings. The van der Waals surface area contributed by atoms with Gasteiger partial charge in [0.25, 0.3) is 0 Å². The first kappa shape index (κ1) is 19.5. The first-order valence-electron chi connectivity index (χ1n) is 9.24. The maximum atomic E-state index is 10.5. The second kappa shape index (κ2) is 8.15. The van der Waals surface area contributed by atoms with E-state index < -0.39 is 0 Å². The van der Waals surface area contributed by atoms with Crippen molar-refractivity contribution in [1.29, 1.82) is 0 Å². The van der Waals surface area contributed by atoms with Crippen molar-refractivity contribution >= 4 is 33.9 Å². The summed E-state index contributed by atoms with van der Waals surface area (Å²) >= 11 is 6.06. The highest BCUT2D eigenvalue weighted by Gasteiger charge is 2.16. The Morgan fingerprint density at radius 1 is 1.04 bits per heavy atom. The van der Waals surface area contributed by atoms with Crippen molar-refractivity contribution in [3.05, 3.63) is 59.2 Å². The lowest BCUT2D eigenvalue weighted by Crippen LogP contribution is -2.36. The summed E-state index contributed by atoms with van der Waals surface area (Å²) in [6.07, 6.45) is 1.75. The monoisotopic (exact) mass is 383 g/mol. The minimum atomic E-state index is 0.299. The molecule has 0 radical (unpaired) electrons. The second-order valence-corrected chi connectivity index (χ2v) is 7.78. The number of benzene rings is 2. The van der Waals surface area contributed by atoms with Gasteiger partial charge in [-0.3, -0.25) is 9.88 Å². The minimum absolute atomic E-state index is 0.299. The molecule has 2 aromatic carbocycles. The highest BCUT2D eigenvalue weighted by atomic mass is 35.5. The molecule has 0 aliphatic carbocycles. The van der Waals surface area contributed by atoms with Crippen LogP contribution >= 0.6 is 11.6 Å². The van der Waals surface area contributed by atoms with Gasteiger partial charge in [0, 0.05) is 58.2 Å². The van der Waals surface area contributed by atoms with E-state index in [1.165, 1.54) is 0 Å². The lowest BCUT2D eigenvalue weighted by Gasteiger charge is -2.30. The fourth-order valence-corrected chi connectivity index (χ4v) is 3.49. The van der Waals surface area contributed by atoms with Crippen molar-refractivity contribution in [2.75, 3.05) is 5.32 Å². The number of pyridine rings is 1. The smallest absolute Gasteiger partial charge is 0.122 e. The maximum absolute atomic E-state index is 10.5. The molecule has 0 saturated heterocycles. The van der Waals surface area contributed by atoms with Crippen LogP contribution < -0.4 is 5.32 Å². The number of phenols is 1. The Balaban J connectivity index is 1.84. The van der Waals surface area contributed by atoms with Crippen LogP contribution in [0.2, 0.25) is 5.02 Å². The third-order valence-corrected chi connectivity index (χ3v) is 4.98. The number of anilines is 2. The molecule has 1 heterocycles. The van der Waals surface area contributed by atoms with Crippen molar-refractivity contribution < 1.29 is 5.11 Å². The number of hydrogen-bond donors (Lipinski definition) is 2. The first-order chi connectivity index (χ1) is 12.8. The number of rotatable bonds is 6. The zero-order chi connectivity index (χ0) is 19.6. The van der Waals surface area contributed by atoms with Crippen LogP contribution in [0.4, 0.5) is 11.4 Å². The Hall–Kier alpha value is -2.30. The van der Waals surface area contributed by atoms with E-state index in [1.807, 2.05) is 36.4 Å². The third kappa shape index (κ3) is 4.52. The Bertz CT molecular complexity index is 932. The van der Waals surface area contributed by atoms with Gasteiger partial charge in [-0.05, 0) is 58.0 Å². The Morgan fingerprint density at radius 2 is 1.78 bits per heavy atom. The molecule has 3 rings (SSSR count). The van der Waals surface area contributed by atoms with Gasteiger partial charge in [-0.25, -0.2) is 0 Å². The van der Waals surface area contributed by atoms with Crippen molar-refractivity contribution in [3.63, 3.8) is 0 Å². The fourth-order valence-electron chi connectivity index (χ4n) is 3.32. The lowest BCUT2D eigenvalue weighted by molar-refractivity contribution is 0.164. The summed E-state index contributed by atoms with van der Waals surface area (Å²) in [5, 5.41) is 15.6. The van der Waals surface area contributed by atoms with E-state index in [0.717, 1.165) is 34.4 Å². The minimum Gasteiger partial charge on any atom is -0.508 e. The third-order valence-electron chi connectivity index (χ3n) is 4.75. The predicted octanol–water partition coefficient (Wildman–Crippen LogP) is 5.96. The summed E-state index contributed by atoms with van der Waals surface area (Å²) in [6.45, 7) is 9.42. The van der Waals surface area contributed by atoms with Crippen molar-refractivity contribution in [2.45, 2.75) is 46.3 Å².